The molecule has 188 valence electrons. The average Bonchev–Trinajstić information content (AvgIpc) is 2.74. The molecule has 2 atom stereocenters. The molecule has 0 aromatic heterocycles. The molecule has 0 bridgehead atoms. The van der Waals surface area contributed by atoms with Gasteiger partial charge in [-0.15, -0.1) is 0 Å². The molecular formula is C26H40CrO5Si2. The van der Waals surface area contributed by atoms with Gasteiger partial charge in [0, 0.05) is 23.3 Å². The molecule has 8 heteroatoms. The Labute approximate surface area is 220 Å². The minimum absolute atomic E-state index is 0. The first-order valence-electron chi connectivity index (χ1n) is 10.9. The zero-order chi connectivity index (χ0) is 26.7. The van der Waals surface area contributed by atoms with Crippen LogP contribution in [0.1, 0.15) is 44.2 Å². The summed E-state index contributed by atoms with van der Waals surface area (Å²) < 4.78 is 34.7. The Hall–Kier alpha value is -1.25. The molecule has 0 unspecified atom stereocenters. The molecule has 0 saturated carbocycles. The first-order chi connectivity index (χ1) is 15.3. The number of ether oxygens (including phenoxy) is 2. The molecule has 0 radical (unpaired) electrons. The van der Waals surface area contributed by atoms with E-state index in [-0.39, 0.29) is 17.4 Å². The van der Waals surface area contributed by atoms with Crippen LogP contribution in [0.2, 0.25) is 39.3 Å². The molecule has 0 aliphatic heterocycles. The second kappa shape index (κ2) is 16.4. The molecule has 1 aromatic carbocycles. The maximum atomic E-state index is 7.50. The van der Waals surface area contributed by atoms with E-state index in [0.29, 0.717) is 11.8 Å². The molecular weight excluding hydrogens is 500 g/mol. The third-order valence-electron chi connectivity index (χ3n) is 5.58. The van der Waals surface area contributed by atoms with Gasteiger partial charge >= 0.3 is 33.9 Å². The summed E-state index contributed by atoms with van der Waals surface area (Å²) in [4.78, 5) is 0. The van der Waals surface area contributed by atoms with Crippen LogP contribution in [0, 0.1) is 25.9 Å². The number of hydrogen-bond acceptors (Lipinski definition) is 2. The Balaban J connectivity index is -0.00000127. The van der Waals surface area contributed by atoms with Crippen molar-refractivity contribution in [1.82, 2.24) is 0 Å². The fourth-order valence-corrected chi connectivity index (χ4v) is 8.94. The van der Waals surface area contributed by atoms with Crippen LogP contribution in [0.5, 0.6) is 11.5 Å². The Morgan fingerprint density at radius 1 is 0.824 bits per heavy atom. The normalized spacial score (nSPS) is 16.1. The zero-order valence-corrected chi connectivity index (χ0v) is 25.9. The Kier molecular flexibility index (Phi) is 18.0. The summed E-state index contributed by atoms with van der Waals surface area (Å²) in [5.74, 6) is 3.23. The first-order valence-corrected chi connectivity index (χ1v) is 17.9. The standard InChI is InChI=1S/C23H40O2Si2.3CO.Cr/c1-15(2)12-17-13-16(3)14-18-19(17)23(27(9,10)11)21(25-5)20(24-4)22(18)26(6,7)8;3*1-2;/h12,16-17H,13-14H2,1-11H3;;;;/t16-,17-;;;;/m0..../s1. The summed E-state index contributed by atoms with van der Waals surface area (Å²) >= 11 is 0. The second-order valence-corrected chi connectivity index (χ2v) is 20.6. The van der Waals surface area contributed by atoms with Gasteiger partial charge in [-0.1, -0.05) is 57.9 Å². The van der Waals surface area contributed by atoms with Crippen LogP contribution in [-0.4, -0.2) is 30.4 Å². The van der Waals surface area contributed by atoms with E-state index in [0.717, 1.165) is 11.5 Å². The van der Waals surface area contributed by atoms with Crippen LogP contribution in [-0.2, 0) is 37.7 Å². The van der Waals surface area contributed by atoms with Crippen molar-refractivity contribution in [3.05, 3.63) is 42.7 Å². The molecule has 0 spiro atoms. The van der Waals surface area contributed by atoms with Crippen molar-refractivity contribution in [2.45, 2.75) is 78.8 Å². The Bertz CT molecular complexity index is 856. The zero-order valence-electron chi connectivity index (χ0n) is 22.6. The summed E-state index contributed by atoms with van der Waals surface area (Å²) in [5.41, 5.74) is 4.58. The summed E-state index contributed by atoms with van der Waals surface area (Å²) in [5, 5.41) is 2.96. The van der Waals surface area contributed by atoms with Gasteiger partial charge in [0.15, 0.2) is 11.5 Å². The number of rotatable bonds is 5. The fourth-order valence-electron chi connectivity index (χ4n) is 4.86. The molecule has 0 N–H and O–H groups in total. The van der Waals surface area contributed by atoms with E-state index in [1.165, 1.54) is 28.8 Å². The van der Waals surface area contributed by atoms with Gasteiger partial charge in [0.05, 0.1) is 30.4 Å². The predicted octanol–water partition coefficient (Wildman–Crippen LogP) is 5.31. The van der Waals surface area contributed by atoms with Crippen LogP contribution in [0.4, 0.5) is 0 Å². The first kappa shape index (κ1) is 37.3. The summed E-state index contributed by atoms with van der Waals surface area (Å²) in [6, 6.07) is 0. The van der Waals surface area contributed by atoms with Crippen LogP contribution in [0.15, 0.2) is 11.6 Å². The Morgan fingerprint density at radius 3 is 1.53 bits per heavy atom. The summed E-state index contributed by atoms with van der Waals surface area (Å²) in [6.45, 7) is 35.0. The molecule has 34 heavy (non-hydrogen) atoms. The monoisotopic (exact) mass is 540 g/mol. The smallest absolute Gasteiger partial charge is 0 e. The molecule has 1 aromatic rings. The van der Waals surface area contributed by atoms with Crippen molar-refractivity contribution < 1.29 is 40.8 Å². The van der Waals surface area contributed by atoms with Gasteiger partial charge in [-0.3, -0.25) is 0 Å². The van der Waals surface area contributed by atoms with Crippen LogP contribution >= 0.6 is 0 Å². The molecule has 0 fully saturated rings. The van der Waals surface area contributed by atoms with E-state index < -0.39 is 16.1 Å². The minimum atomic E-state index is -1.64. The van der Waals surface area contributed by atoms with E-state index >= 15 is 0 Å². The largest absolute Gasteiger partial charge is 0 e. The van der Waals surface area contributed by atoms with Gasteiger partial charge in [0.25, 0.3) is 0 Å². The average molecular weight is 541 g/mol. The molecule has 0 saturated heterocycles. The van der Waals surface area contributed by atoms with Gasteiger partial charge in [-0.25, -0.2) is 0 Å². The summed E-state index contributed by atoms with van der Waals surface area (Å²) in [6.07, 6.45) is 4.90. The predicted molar refractivity (Wildman–Crippen MR) is 137 cm³/mol. The van der Waals surface area contributed by atoms with Crippen LogP contribution < -0.4 is 19.8 Å². The second-order valence-electron chi connectivity index (χ2n) is 10.6. The number of fused-ring (bicyclic) bond motifs is 1. The molecule has 2 rings (SSSR count). The van der Waals surface area contributed by atoms with E-state index in [2.05, 4.69) is 86.1 Å². The van der Waals surface area contributed by atoms with E-state index in [9.17, 15) is 0 Å². The number of allylic oxidation sites excluding steroid dienone is 2. The van der Waals surface area contributed by atoms with Crippen LogP contribution in [0.25, 0.3) is 0 Å². The van der Waals surface area contributed by atoms with Crippen molar-refractivity contribution in [2.24, 2.45) is 5.92 Å². The molecule has 0 heterocycles. The molecule has 0 amide bonds. The fraction of sp³-hybridized carbons (Fsp3) is 0.577. The van der Waals surface area contributed by atoms with Gasteiger partial charge in [0.1, 0.15) is 0 Å². The molecule has 1 aliphatic rings. The maximum Gasteiger partial charge on any atom is 0 e. The topological polar surface area (TPSA) is 78.2 Å². The van der Waals surface area contributed by atoms with E-state index in [1.807, 2.05) is 14.2 Å². The van der Waals surface area contributed by atoms with Crippen molar-refractivity contribution >= 4 is 26.5 Å². The van der Waals surface area contributed by atoms with Gasteiger partial charge in [-0.2, -0.15) is 0 Å². The number of methoxy groups -OCH3 is 2. The SMILES string of the molecule is COc1c(OC)c([Si](C)(C)C)c2c(c1[Si](C)(C)C)C[C@@H](C)C[C@@H]2C=C(C)C.[C-]#[O+].[C-]#[O+].[C-]#[O+].[Cr]. The Morgan fingerprint density at radius 2 is 1.21 bits per heavy atom. The van der Waals surface area contributed by atoms with E-state index in [4.69, 9.17) is 23.4 Å². The number of hydrogen-bond donors (Lipinski definition) is 0. The third-order valence-corrected chi connectivity index (χ3v) is 9.60. The van der Waals surface area contributed by atoms with Crippen molar-refractivity contribution in [1.29, 1.82) is 0 Å². The van der Waals surface area contributed by atoms with E-state index in [1.54, 1.807) is 11.1 Å². The number of benzene rings is 1. The van der Waals surface area contributed by atoms with Gasteiger partial charge in [0.2, 0.25) is 0 Å². The van der Waals surface area contributed by atoms with Gasteiger partial charge < -0.3 is 9.47 Å². The van der Waals surface area contributed by atoms with Gasteiger partial charge in [-0.05, 0) is 54.1 Å². The van der Waals surface area contributed by atoms with Crippen molar-refractivity contribution in [3.63, 3.8) is 0 Å². The molecule has 1 aliphatic carbocycles. The molecule has 5 nitrogen and oxygen atoms in total. The minimum Gasteiger partial charge on any atom is 0 e. The summed E-state index contributed by atoms with van der Waals surface area (Å²) in [7, 11) is 0.385. The van der Waals surface area contributed by atoms with Crippen LogP contribution in [0.3, 0.4) is 0 Å². The maximum absolute atomic E-state index is 7.50. The van der Waals surface area contributed by atoms with Crippen molar-refractivity contribution in [3.8, 4) is 11.5 Å². The quantitative estimate of drug-likeness (QED) is 0.220. The third kappa shape index (κ3) is 9.08. The van der Waals surface area contributed by atoms with Crippen molar-refractivity contribution in [2.75, 3.05) is 14.2 Å².